The summed E-state index contributed by atoms with van der Waals surface area (Å²) in [6.07, 6.45) is 0.337. The Balaban J connectivity index is 2.23. The van der Waals surface area contributed by atoms with Crippen molar-refractivity contribution in [3.8, 4) is 0 Å². The van der Waals surface area contributed by atoms with Gasteiger partial charge in [-0.25, -0.2) is 0 Å². The lowest BCUT2D eigenvalue weighted by atomic mass is 9.93. The number of hydrogen-bond donors (Lipinski definition) is 1. The molecule has 0 bridgehead atoms. The van der Waals surface area contributed by atoms with Crippen molar-refractivity contribution in [2.24, 2.45) is 0 Å². The molecule has 0 saturated carbocycles. The lowest BCUT2D eigenvalue weighted by molar-refractivity contribution is 0.202. The zero-order chi connectivity index (χ0) is 14.5. The van der Waals surface area contributed by atoms with E-state index in [2.05, 4.69) is 12.1 Å². The van der Waals surface area contributed by atoms with Crippen LogP contribution in [0.4, 0.5) is 0 Å². The minimum atomic E-state index is -0.562. The van der Waals surface area contributed by atoms with Gasteiger partial charge < -0.3 is 9.84 Å². The molecule has 0 saturated heterocycles. The second kappa shape index (κ2) is 6.69. The summed E-state index contributed by atoms with van der Waals surface area (Å²) < 4.78 is 5.07. The van der Waals surface area contributed by atoms with Gasteiger partial charge in [0.05, 0.1) is 6.61 Å². The molecule has 106 valence electrons. The van der Waals surface area contributed by atoms with E-state index in [4.69, 9.17) is 4.74 Å². The van der Waals surface area contributed by atoms with Crippen molar-refractivity contribution >= 4 is 0 Å². The summed E-state index contributed by atoms with van der Waals surface area (Å²) in [7, 11) is 1.71. The summed E-state index contributed by atoms with van der Waals surface area (Å²) in [4.78, 5) is 0. The molecule has 0 heterocycles. The molecule has 1 N–H and O–H groups in total. The van der Waals surface area contributed by atoms with Crippen LogP contribution >= 0.6 is 0 Å². The third-order valence-corrected chi connectivity index (χ3v) is 3.71. The first-order chi connectivity index (χ1) is 9.63. The van der Waals surface area contributed by atoms with Crippen molar-refractivity contribution in [1.82, 2.24) is 0 Å². The molecule has 2 rings (SSSR count). The van der Waals surface area contributed by atoms with Crippen LogP contribution in [0.3, 0.4) is 0 Å². The van der Waals surface area contributed by atoms with E-state index in [1.54, 1.807) is 7.11 Å². The highest BCUT2D eigenvalue weighted by Gasteiger charge is 2.14. The van der Waals surface area contributed by atoms with Crippen LogP contribution in [-0.2, 0) is 11.2 Å². The van der Waals surface area contributed by atoms with E-state index in [1.807, 2.05) is 44.2 Å². The van der Waals surface area contributed by atoms with Gasteiger partial charge in [-0.2, -0.15) is 0 Å². The van der Waals surface area contributed by atoms with Crippen LogP contribution < -0.4 is 0 Å². The quantitative estimate of drug-likeness (QED) is 0.900. The van der Waals surface area contributed by atoms with Gasteiger partial charge in [0, 0.05) is 7.11 Å². The highest BCUT2D eigenvalue weighted by Crippen LogP contribution is 2.27. The Morgan fingerprint density at radius 1 is 1.00 bits per heavy atom. The number of aliphatic hydroxyl groups excluding tert-OH is 1. The molecule has 0 aliphatic heterocycles. The Hall–Kier alpha value is -1.64. The summed E-state index contributed by atoms with van der Waals surface area (Å²) in [6, 6.07) is 14.2. The van der Waals surface area contributed by atoms with E-state index in [1.165, 1.54) is 5.56 Å². The van der Waals surface area contributed by atoms with Crippen LogP contribution in [-0.4, -0.2) is 18.8 Å². The third-order valence-electron chi connectivity index (χ3n) is 3.71. The van der Waals surface area contributed by atoms with Crippen LogP contribution in [0.1, 0.15) is 33.9 Å². The van der Waals surface area contributed by atoms with Crippen molar-refractivity contribution in [3.63, 3.8) is 0 Å². The second-order valence-electron chi connectivity index (χ2n) is 5.19. The molecular weight excluding hydrogens is 248 g/mol. The predicted octanol–water partition coefficient (Wildman–Crippen LogP) is 3.57. The predicted molar refractivity (Wildman–Crippen MR) is 82.0 cm³/mol. The normalized spacial score (nSPS) is 12.4. The van der Waals surface area contributed by atoms with Crippen molar-refractivity contribution in [3.05, 3.63) is 70.3 Å². The maximum Gasteiger partial charge on any atom is 0.105 e. The van der Waals surface area contributed by atoms with Crippen molar-refractivity contribution in [2.45, 2.75) is 26.4 Å². The molecule has 2 aromatic rings. The molecule has 20 heavy (non-hydrogen) atoms. The van der Waals surface area contributed by atoms with E-state index in [-0.39, 0.29) is 0 Å². The fourth-order valence-corrected chi connectivity index (χ4v) is 2.51. The zero-order valence-electron chi connectivity index (χ0n) is 12.4. The molecule has 0 amide bonds. The zero-order valence-corrected chi connectivity index (χ0v) is 12.4. The molecule has 0 fully saturated rings. The molecule has 2 aromatic carbocycles. The van der Waals surface area contributed by atoms with Gasteiger partial charge in [0.1, 0.15) is 6.10 Å². The number of methoxy groups -OCH3 is 1. The Morgan fingerprint density at radius 2 is 1.60 bits per heavy atom. The van der Waals surface area contributed by atoms with Crippen LogP contribution in [0.25, 0.3) is 0 Å². The monoisotopic (exact) mass is 270 g/mol. The smallest absolute Gasteiger partial charge is 0.105 e. The molecule has 0 aliphatic carbocycles. The molecule has 0 aliphatic rings. The molecule has 0 spiro atoms. The lowest BCUT2D eigenvalue weighted by Gasteiger charge is -2.17. The van der Waals surface area contributed by atoms with Crippen LogP contribution in [0.2, 0.25) is 0 Å². The molecular formula is C18H22O2. The van der Waals surface area contributed by atoms with Gasteiger partial charge in [-0.15, -0.1) is 0 Å². The van der Waals surface area contributed by atoms with E-state index in [0.717, 1.165) is 35.3 Å². The van der Waals surface area contributed by atoms with E-state index < -0.39 is 6.10 Å². The molecule has 1 atom stereocenters. The fraction of sp³-hybridized carbons (Fsp3) is 0.333. The second-order valence-corrected chi connectivity index (χ2v) is 5.19. The highest BCUT2D eigenvalue weighted by molar-refractivity contribution is 5.41. The Morgan fingerprint density at radius 3 is 2.15 bits per heavy atom. The fourth-order valence-electron chi connectivity index (χ4n) is 2.51. The van der Waals surface area contributed by atoms with Crippen molar-refractivity contribution in [1.29, 1.82) is 0 Å². The minimum Gasteiger partial charge on any atom is -0.384 e. The van der Waals surface area contributed by atoms with Gasteiger partial charge in [-0.1, -0.05) is 42.5 Å². The van der Waals surface area contributed by atoms with E-state index in [0.29, 0.717) is 0 Å². The van der Waals surface area contributed by atoms with Crippen LogP contribution in [0.15, 0.2) is 42.5 Å². The molecule has 2 nitrogen and oxygen atoms in total. The van der Waals surface area contributed by atoms with Crippen LogP contribution in [0.5, 0.6) is 0 Å². The third kappa shape index (κ3) is 3.27. The summed E-state index contributed by atoms with van der Waals surface area (Å²) >= 11 is 0. The maximum absolute atomic E-state index is 10.6. The van der Waals surface area contributed by atoms with Gasteiger partial charge in [-0.05, 0) is 48.1 Å². The van der Waals surface area contributed by atoms with Crippen molar-refractivity contribution in [2.75, 3.05) is 13.7 Å². The molecule has 0 radical (unpaired) electrons. The van der Waals surface area contributed by atoms with Crippen molar-refractivity contribution < 1.29 is 9.84 Å². The first kappa shape index (κ1) is 14.8. The summed E-state index contributed by atoms with van der Waals surface area (Å²) in [6.45, 7) is 4.80. The van der Waals surface area contributed by atoms with E-state index in [9.17, 15) is 5.11 Å². The number of rotatable bonds is 5. The lowest BCUT2D eigenvalue weighted by Crippen LogP contribution is -2.05. The van der Waals surface area contributed by atoms with Gasteiger partial charge >= 0.3 is 0 Å². The first-order valence-electron chi connectivity index (χ1n) is 6.95. The van der Waals surface area contributed by atoms with Gasteiger partial charge in [-0.3, -0.25) is 0 Å². The Kier molecular flexibility index (Phi) is 4.94. The number of aryl methyl sites for hydroxylation is 2. The largest absolute Gasteiger partial charge is 0.384 e. The van der Waals surface area contributed by atoms with Gasteiger partial charge in [0.15, 0.2) is 0 Å². The summed E-state index contributed by atoms with van der Waals surface area (Å²) in [5.74, 6) is 0. The number of aliphatic hydroxyl groups is 1. The topological polar surface area (TPSA) is 29.5 Å². The number of ether oxygens (including phenoxy) is 1. The first-order valence-corrected chi connectivity index (χ1v) is 6.95. The molecule has 1 unspecified atom stereocenters. The Bertz CT molecular complexity index is 538. The Labute approximate surface area is 121 Å². The number of benzene rings is 2. The summed E-state index contributed by atoms with van der Waals surface area (Å²) in [5.41, 5.74) is 5.42. The minimum absolute atomic E-state index is 0.562. The standard InChI is InChI=1S/C18H22O2/c1-13-5-4-6-14(2)17(13)18(19)16-9-7-15(8-10-16)11-12-20-3/h4-10,18-19H,11-12H2,1-3H3. The maximum atomic E-state index is 10.6. The SMILES string of the molecule is COCCc1ccc(C(O)c2c(C)cccc2C)cc1. The van der Waals surface area contributed by atoms with Gasteiger partial charge in [0.2, 0.25) is 0 Å². The average molecular weight is 270 g/mol. The highest BCUT2D eigenvalue weighted by atomic mass is 16.5. The van der Waals surface area contributed by atoms with E-state index >= 15 is 0 Å². The van der Waals surface area contributed by atoms with Crippen LogP contribution in [0, 0.1) is 13.8 Å². The average Bonchev–Trinajstić information content (AvgIpc) is 2.45. The summed E-state index contributed by atoms with van der Waals surface area (Å²) in [5, 5.41) is 10.6. The molecule has 2 heteroatoms. The molecule has 0 aromatic heterocycles. The number of hydrogen-bond acceptors (Lipinski definition) is 2. The van der Waals surface area contributed by atoms with Gasteiger partial charge in [0.25, 0.3) is 0 Å².